The van der Waals surface area contributed by atoms with Gasteiger partial charge in [-0.25, -0.2) is 4.79 Å². The highest BCUT2D eigenvalue weighted by Gasteiger charge is 2.29. The maximum atomic E-state index is 12.7. The molecular weight excluding hydrogens is 460 g/mol. The number of hydrogen-bond acceptors (Lipinski definition) is 5. The molecule has 1 heterocycles. The van der Waals surface area contributed by atoms with Gasteiger partial charge in [0.15, 0.2) is 5.76 Å². The molecule has 0 amide bonds. The van der Waals surface area contributed by atoms with Gasteiger partial charge < -0.3 is 14.2 Å². The van der Waals surface area contributed by atoms with E-state index in [9.17, 15) is 9.59 Å². The Morgan fingerprint density at radius 1 is 1.06 bits per heavy atom. The molecule has 5 nitrogen and oxygen atoms in total. The fourth-order valence-electron chi connectivity index (χ4n) is 3.19. The Bertz CT molecular complexity index is 1140. The van der Waals surface area contributed by atoms with Gasteiger partial charge >= 0.3 is 5.97 Å². The molecule has 1 aliphatic rings. The van der Waals surface area contributed by atoms with Crippen molar-refractivity contribution in [3.8, 4) is 11.5 Å². The Morgan fingerprint density at radius 3 is 2.52 bits per heavy atom. The maximum Gasteiger partial charge on any atom is 0.352 e. The van der Waals surface area contributed by atoms with Crippen LogP contribution in [0.3, 0.4) is 0 Å². The number of benzene rings is 3. The molecule has 4 rings (SSSR count). The lowest BCUT2D eigenvalue weighted by molar-refractivity contribution is -0.151. The van der Waals surface area contributed by atoms with Crippen LogP contribution in [-0.2, 0) is 9.53 Å². The van der Waals surface area contributed by atoms with Gasteiger partial charge in [0.05, 0.1) is 12.2 Å². The second-order valence-corrected chi connectivity index (χ2v) is 7.73. The van der Waals surface area contributed by atoms with Crippen molar-refractivity contribution < 1.29 is 23.8 Å². The molecule has 31 heavy (non-hydrogen) atoms. The predicted octanol–water partition coefficient (Wildman–Crippen LogP) is 5.75. The van der Waals surface area contributed by atoms with Crippen LogP contribution in [0.5, 0.6) is 11.5 Å². The Hall–Kier alpha value is -3.38. The smallest absolute Gasteiger partial charge is 0.352 e. The minimum Gasteiger partial charge on any atom is -0.474 e. The maximum absolute atomic E-state index is 12.7. The van der Waals surface area contributed by atoms with E-state index < -0.39 is 12.1 Å². The number of Topliss-reactive ketones (excluding diaryl/α,β-unsaturated/α-hetero) is 1. The first-order chi connectivity index (χ1) is 15.0. The van der Waals surface area contributed by atoms with E-state index in [2.05, 4.69) is 15.9 Å². The third-order valence-corrected chi connectivity index (χ3v) is 5.19. The molecule has 1 unspecified atom stereocenters. The number of carbonyl (C=O) groups excluding carboxylic acids is 2. The Balaban J connectivity index is 1.58. The van der Waals surface area contributed by atoms with Gasteiger partial charge in [-0.3, -0.25) is 4.79 Å². The molecule has 0 spiro atoms. The molecule has 0 bridgehead atoms. The summed E-state index contributed by atoms with van der Waals surface area (Å²) in [4.78, 5) is 25.2. The van der Waals surface area contributed by atoms with Crippen LogP contribution in [0.4, 0.5) is 0 Å². The molecular formula is C25H19BrO5. The van der Waals surface area contributed by atoms with Crippen LogP contribution < -0.4 is 9.47 Å². The highest BCUT2D eigenvalue weighted by atomic mass is 79.9. The zero-order valence-electron chi connectivity index (χ0n) is 16.7. The number of esters is 1. The van der Waals surface area contributed by atoms with Gasteiger partial charge in [-0.1, -0.05) is 58.4 Å². The van der Waals surface area contributed by atoms with E-state index in [0.717, 1.165) is 10.0 Å². The predicted molar refractivity (Wildman–Crippen MR) is 120 cm³/mol. The first-order valence-corrected chi connectivity index (χ1v) is 10.6. The Kier molecular flexibility index (Phi) is 6.18. The summed E-state index contributed by atoms with van der Waals surface area (Å²) in [6, 6.07) is 21.6. The summed E-state index contributed by atoms with van der Waals surface area (Å²) in [5.74, 6) is 0.343. The fraction of sp³-hybridized carbons (Fsp3) is 0.120. The standard InChI is InChI=1S/C25H19BrO5/c1-2-29-25(28)24(17-6-4-3-5-7-17)30-19-12-13-20-21(15-19)31-22(23(20)27)14-16-8-10-18(26)11-9-16/h3-15,24H,2H2,1H3/b22-14-. The lowest BCUT2D eigenvalue weighted by Gasteiger charge is -2.18. The molecule has 0 radical (unpaired) electrons. The lowest BCUT2D eigenvalue weighted by Crippen LogP contribution is -2.21. The van der Waals surface area contributed by atoms with Gasteiger partial charge in [0.25, 0.3) is 0 Å². The van der Waals surface area contributed by atoms with Crippen molar-refractivity contribution >= 4 is 33.8 Å². The molecule has 1 atom stereocenters. The number of carbonyl (C=O) groups is 2. The molecule has 0 saturated heterocycles. The minimum atomic E-state index is -0.922. The van der Waals surface area contributed by atoms with Crippen molar-refractivity contribution in [2.45, 2.75) is 13.0 Å². The number of ether oxygens (including phenoxy) is 3. The zero-order valence-corrected chi connectivity index (χ0v) is 18.3. The number of allylic oxidation sites excluding steroid dienone is 1. The SMILES string of the molecule is CCOC(=O)C(Oc1ccc2c(c1)O/C(=C\c1ccc(Br)cc1)C2=O)c1ccccc1. The summed E-state index contributed by atoms with van der Waals surface area (Å²) >= 11 is 3.39. The lowest BCUT2D eigenvalue weighted by atomic mass is 10.1. The first-order valence-electron chi connectivity index (χ1n) is 9.77. The summed E-state index contributed by atoms with van der Waals surface area (Å²) in [6.07, 6.45) is 0.773. The van der Waals surface area contributed by atoms with Gasteiger partial charge in [0, 0.05) is 16.1 Å². The number of halogens is 1. The van der Waals surface area contributed by atoms with Crippen LogP contribution in [-0.4, -0.2) is 18.4 Å². The zero-order chi connectivity index (χ0) is 21.8. The normalized spacial score (nSPS) is 14.6. The van der Waals surface area contributed by atoms with Crippen LogP contribution in [0.15, 0.2) is 83.0 Å². The van der Waals surface area contributed by atoms with Crippen LogP contribution in [0.25, 0.3) is 6.08 Å². The van der Waals surface area contributed by atoms with Crippen molar-refractivity contribution in [2.24, 2.45) is 0 Å². The van der Waals surface area contributed by atoms with E-state index in [0.29, 0.717) is 22.6 Å². The summed E-state index contributed by atoms with van der Waals surface area (Å²) in [5.41, 5.74) is 1.97. The third kappa shape index (κ3) is 4.70. The number of ketones is 1. The minimum absolute atomic E-state index is 0.200. The fourth-order valence-corrected chi connectivity index (χ4v) is 3.45. The van der Waals surface area contributed by atoms with Crippen molar-refractivity contribution in [1.82, 2.24) is 0 Å². The number of hydrogen-bond donors (Lipinski definition) is 0. The average Bonchev–Trinajstić information content (AvgIpc) is 3.09. The second kappa shape index (κ2) is 9.18. The van der Waals surface area contributed by atoms with Gasteiger partial charge in [-0.05, 0) is 42.8 Å². The molecule has 1 aliphatic heterocycles. The second-order valence-electron chi connectivity index (χ2n) is 6.81. The van der Waals surface area contributed by atoms with Crippen LogP contribution in [0.1, 0.15) is 34.5 Å². The Labute approximate surface area is 188 Å². The van der Waals surface area contributed by atoms with E-state index in [4.69, 9.17) is 14.2 Å². The van der Waals surface area contributed by atoms with Crippen LogP contribution >= 0.6 is 15.9 Å². The number of rotatable bonds is 6. The molecule has 0 aromatic heterocycles. The quantitative estimate of drug-likeness (QED) is 0.333. The molecule has 0 aliphatic carbocycles. The van der Waals surface area contributed by atoms with E-state index in [1.54, 1.807) is 43.3 Å². The van der Waals surface area contributed by atoms with Crippen molar-refractivity contribution in [3.05, 3.63) is 99.7 Å². The van der Waals surface area contributed by atoms with E-state index in [-0.39, 0.29) is 18.1 Å². The third-order valence-electron chi connectivity index (χ3n) is 4.67. The summed E-state index contributed by atoms with van der Waals surface area (Å²) in [5, 5.41) is 0. The van der Waals surface area contributed by atoms with Gasteiger partial charge in [-0.2, -0.15) is 0 Å². The van der Waals surface area contributed by atoms with Crippen molar-refractivity contribution in [1.29, 1.82) is 0 Å². The summed E-state index contributed by atoms with van der Waals surface area (Å²) in [7, 11) is 0. The van der Waals surface area contributed by atoms with Crippen LogP contribution in [0.2, 0.25) is 0 Å². The number of fused-ring (bicyclic) bond motifs is 1. The molecule has 0 N–H and O–H groups in total. The van der Waals surface area contributed by atoms with Crippen molar-refractivity contribution in [2.75, 3.05) is 6.61 Å². The van der Waals surface area contributed by atoms with Gasteiger partial charge in [0.1, 0.15) is 11.5 Å². The topological polar surface area (TPSA) is 61.8 Å². The van der Waals surface area contributed by atoms with Gasteiger partial charge in [0.2, 0.25) is 11.9 Å². The summed E-state index contributed by atoms with van der Waals surface area (Å²) < 4.78 is 17.9. The molecule has 156 valence electrons. The largest absolute Gasteiger partial charge is 0.474 e. The van der Waals surface area contributed by atoms with E-state index in [1.807, 2.05) is 42.5 Å². The monoisotopic (exact) mass is 478 g/mol. The highest BCUT2D eigenvalue weighted by molar-refractivity contribution is 9.10. The Morgan fingerprint density at radius 2 is 1.81 bits per heavy atom. The van der Waals surface area contributed by atoms with E-state index in [1.165, 1.54) is 0 Å². The summed E-state index contributed by atoms with van der Waals surface area (Å²) in [6.45, 7) is 1.99. The molecule has 3 aromatic carbocycles. The van der Waals surface area contributed by atoms with Gasteiger partial charge in [-0.15, -0.1) is 0 Å². The van der Waals surface area contributed by atoms with Crippen LogP contribution in [0, 0.1) is 0 Å². The molecule has 0 saturated carbocycles. The van der Waals surface area contributed by atoms with E-state index >= 15 is 0 Å². The first kappa shape index (κ1) is 20.9. The van der Waals surface area contributed by atoms with Crippen molar-refractivity contribution in [3.63, 3.8) is 0 Å². The highest BCUT2D eigenvalue weighted by Crippen LogP contribution is 2.36. The molecule has 3 aromatic rings. The molecule has 0 fully saturated rings. The average molecular weight is 479 g/mol. The molecule has 6 heteroatoms.